The van der Waals surface area contributed by atoms with Crippen LogP contribution in [0.3, 0.4) is 0 Å². The molecule has 0 fully saturated rings. The Labute approximate surface area is 153 Å². The van der Waals surface area contributed by atoms with Crippen molar-refractivity contribution in [2.75, 3.05) is 7.05 Å². The zero-order chi connectivity index (χ0) is 16.9. The SMILES string of the molecule is CN=C(NCc1cccc(C(F)(F)F)c1)NCc1noc(C)n1.I. The van der Waals surface area contributed by atoms with Crippen molar-refractivity contribution in [3.05, 3.63) is 47.1 Å². The van der Waals surface area contributed by atoms with Crippen LogP contribution in [0, 0.1) is 6.92 Å². The first-order valence-electron chi connectivity index (χ1n) is 6.78. The van der Waals surface area contributed by atoms with Gasteiger partial charge in [-0.05, 0) is 17.7 Å². The van der Waals surface area contributed by atoms with Gasteiger partial charge in [0.2, 0.25) is 5.89 Å². The van der Waals surface area contributed by atoms with Crippen molar-refractivity contribution in [2.24, 2.45) is 4.99 Å². The summed E-state index contributed by atoms with van der Waals surface area (Å²) in [6.45, 7) is 2.17. The Balaban J connectivity index is 0.00000288. The molecule has 0 saturated carbocycles. The fraction of sp³-hybridized carbons (Fsp3) is 0.357. The highest BCUT2D eigenvalue weighted by Gasteiger charge is 2.30. The van der Waals surface area contributed by atoms with Gasteiger partial charge in [0, 0.05) is 20.5 Å². The predicted octanol–water partition coefficient (Wildman–Crippen LogP) is 2.88. The van der Waals surface area contributed by atoms with Crippen LogP contribution >= 0.6 is 24.0 Å². The molecule has 10 heteroatoms. The van der Waals surface area contributed by atoms with E-state index in [0.29, 0.717) is 29.8 Å². The molecule has 1 aromatic carbocycles. The zero-order valence-electron chi connectivity index (χ0n) is 13.0. The highest BCUT2D eigenvalue weighted by atomic mass is 127. The molecule has 2 rings (SSSR count). The molecule has 2 N–H and O–H groups in total. The Morgan fingerprint density at radius 1 is 1.25 bits per heavy atom. The normalized spacial score (nSPS) is 11.8. The van der Waals surface area contributed by atoms with Gasteiger partial charge >= 0.3 is 6.18 Å². The lowest BCUT2D eigenvalue weighted by Gasteiger charge is -2.12. The van der Waals surface area contributed by atoms with Gasteiger partial charge in [-0.3, -0.25) is 4.99 Å². The number of aromatic nitrogens is 2. The van der Waals surface area contributed by atoms with E-state index >= 15 is 0 Å². The van der Waals surface area contributed by atoms with Crippen molar-refractivity contribution in [1.29, 1.82) is 0 Å². The summed E-state index contributed by atoms with van der Waals surface area (Å²) >= 11 is 0. The molecule has 0 aliphatic carbocycles. The van der Waals surface area contributed by atoms with Gasteiger partial charge in [-0.1, -0.05) is 17.3 Å². The van der Waals surface area contributed by atoms with Gasteiger partial charge in [0.15, 0.2) is 11.8 Å². The fourth-order valence-electron chi connectivity index (χ4n) is 1.84. The van der Waals surface area contributed by atoms with Crippen molar-refractivity contribution in [3.63, 3.8) is 0 Å². The summed E-state index contributed by atoms with van der Waals surface area (Å²) in [7, 11) is 1.56. The van der Waals surface area contributed by atoms with Gasteiger partial charge in [0.1, 0.15) is 0 Å². The van der Waals surface area contributed by atoms with Crippen LogP contribution in [-0.4, -0.2) is 23.1 Å². The van der Waals surface area contributed by atoms with E-state index in [2.05, 4.69) is 25.8 Å². The average molecular weight is 455 g/mol. The lowest BCUT2D eigenvalue weighted by atomic mass is 10.1. The summed E-state index contributed by atoms with van der Waals surface area (Å²) in [5.74, 6) is 1.34. The second-order valence-corrected chi connectivity index (χ2v) is 4.71. The van der Waals surface area contributed by atoms with E-state index < -0.39 is 11.7 Å². The number of aliphatic imine (C=N–C) groups is 1. The topological polar surface area (TPSA) is 75.3 Å². The number of aryl methyl sites for hydroxylation is 1. The van der Waals surface area contributed by atoms with Gasteiger partial charge in [-0.2, -0.15) is 18.2 Å². The number of hydrogen-bond acceptors (Lipinski definition) is 4. The molecule has 1 aromatic heterocycles. The molecule has 0 amide bonds. The van der Waals surface area contributed by atoms with Crippen LogP contribution in [-0.2, 0) is 19.3 Å². The quantitative estimate of drug-likeness (QED) is 0.422. The van der Waals surface area contributed by atoms with Crippen molar-refractivity contribution < 1.29 is 17.7 Å². The number of guanidine groups is 1. The molecule has 2 aromatic rings. The van der Waals surface area contributed by atoms with Crippen molar-refractivity contribution in [1.82, 2.24) is 20.8 Å². The van der Waals surface area contributed by atoms with E-state index in [1.165, 1.54) is 6.07 Å². The predicted molar refractivity (Wildman–Crippen MR) is 92.9 cm³/mol. The molecule has 6 nitrogen and oxygen atoms in total. The van der Waals surface area contributed by atoms with Gasteiger partial charge in [0.25, 0.3) is 0 Å². The summed E-state index contributed by atoms with van der Waals surface area (Å²) in [5, 5.41) is 9.60. The summed E-state index contributed by atoms with van der Waals surface area (Å²) in [6, 6.07) is 5.12. The van der Waals surface area contributed by atoms with Gasteiger partial charge < -0.3 is 15.2 Å². The van der Waals surface area contributed by atoms with E-state index in [-0.39, 0.29) is 30.5 Å². The number of nitrogens with zero attached hydrogens (tertiary/aromatic N) is 3. The molecule has 0 bridgehead atoms. The second kappa shape index (κ2) is 8.85. The molecule has 0 unspecified atom stereocenters. The summed E-state index contributed by atoms with van der Waals surface area (Å²) in [5.41, 5.74) is -0.180. The maximum absolute atomic E-state index is 12.7. The van der Waals surface area contributed by atoms with E-state index in [1.54, 1.807) is 20.0 Å². The first-order chi connectivity index (χ1) is 10.9. The summed E-state index contributed by atoms with van der Waals surface area (Å²) in [6.07, 6.45) is -4.35. The molecule has 132 valence electrons. The van der Waals surface area contributed by atoms with E-state index in [0.717, 1.165) is 12.1 Å². The molecule has 24 heavy (non-hydrogen) atoms. The lowest BCUT2D eigenvalue weighted by Crippen LogP contribution is -2.36. The first-order valence-corrected chi connectivity index (χ1v) is 6.78. The number of benzene rings is 1. The molecular formula is C14H17F3IN5O. The highest BCUT2D eigenvalue weighted by molar-refractivity contribution is 14.0. The Morgan fingerprint density at radius 3 is 2.54 bits per heavy atom. The van der Waals surface area contributed by atoms with Gasteiger partial charge in [-0.25, -0.2) is 0 Å². The molecule has 0 spiro atoms. The van der Waals surface area contributed by atoms with E-state index in [4.69, 9.17) is 4.52 Å². The standard InChI is InChI=1S/C14H16F3N5O.HI/c1-9-21-12(22-23-9)8-20-13(18-2)19-7-10-4-3-5-11(6-10)14(15,16)17;/h3-6H,7-8H2,1-2H3,(H2,18,19,20);1H. The maximum Gasteiger partial charge on any atom is 0.416 e. The van der Waals surface area contributed by atoms with E-state index in [9.17, 15) is 13.2 Å². The van der Waals surface area contributed by atoms with Crippen LogP contribution in [0.25, 0.3) is 0 Å². The largest absolute Gasteiger partial charge is 0.416 e. The lowest BCUT2D eigenvalue weighted by molar-refractivity contribution is -0.137. The summed E-state index contributed by atoms with van der Waals surface area (Å²) < 4.78 is 42.8. The number of rotatable bonds is 4. The van der Waals surface area contributed by atoms with Crippen molar-refractivity contribution >= 4 is 29.9 Å². The van der Waals surface area contributed by atoms with Crippen LogP contribution in [0.1, 0.15) is 22.8 Å². The first kappa shape index (κ1) is 20.2. The summed E-state index contributed by atoms with van der Waals surface area (Å²) in [4.78, 5) is 8.01. The molecule has 0 saturated heterocycles. The molecule has 0 radical (unpaired) electrons. The van der Waals surface area contributed by atoms with Gasteiger partial charge in [0.05, 0.1) is 12.1 Å². The molecular weight excluding hydrogens is 438 g/mol. The third-order valence-electron chi connectivity index (χ3n) is 2.92. The Morgan fingerprint density at radius 2 is 1.96 bits per heavy atom. The second-order valence-electron chi connectivity index (χ2n) is 4.71. The van der Waals surface area contributed by atoms with Crippen molar-refractivity contribution in [2.45, 2.75) is 26.2 Å². The van der Waals surface area contributed by atoms with Gasteiger partial charge in [-0.15, -0.1) is 24.0 Å². The van der Waals surface area contributed by atoms with Crippen LogP contribution in [0.2, 0.25) is 0 Å². The molecule has 0 aliphatic heterocycles. The number of halogens is 4. The van der Waals surface area contributed by atoms with Crippen LogP contribution in [0.15, 0.2) is 33.8 Å². The fourth-order valence-corrected chi connectivity index (χ4v) is 1.84. The minimum absolute atomic E-state index is 0. The van der Waals surface area contributed by atoms with E-state index in [1.807, 2.05) is 0 Å². The Hall–Kier alpha value is -1.85. The smallest absolute Gasteiger partial charge is 0.352 e. The Bertz CT molecular complexity index is 687. The Kier molecular flexibility index (Phi) is 7.45. The third-order valence-corrected chi connectivity index (χ3v) is 2.92. The molecule has 0 aliphatic rings. The monoisotopic (exact) mass is 455 g/mol. The number of alkyl halides is 3. The van der Waals surface area contributed by atoms with Crippen molar-refractivity contribution in [3.8, 4) is 0 Å². The maximum atomic E-state index is 12.7. The molecule has 1 heterocycles. The minimum atomic E-state index is -4.35. The number of nitrogens with one attached hydrogen (secondary N) is 2. The zero-order valence-corrected chi connectivity index (χ0v) is 15.3. The molecule has 0 atom stereocenters. The van der Waals surface area contributed by atoms with Crippen LogP contribution < -0.4 is 10.6 Å². The van der Waals surface area contributed by atoms with Crippen LogP contribution in [0.5, 0.6) is 0 Å². The highest BCUT2D eigenvalue weighted by Crippen LogP contribution is 2.29. The number of hydrogen-bond donors (Lipinski definition) is 2. The third kappa shape index (κ3) is 5.98. The average Bonchev–Trinajstić information content (AvgIpc) is 2.92. The minimum Gasteiger partial charge on any atom is -0.352 e. The van der Waals surface area contributed by atoms with Crippen LogP contribution in [0.4, 0.5) is 13.2 Å².